The Bertz CT molecular complexity index is 144. The minimum atomic E-state index is 0.907. The van der Waals surface area contributed by atoms with Crippen molar-refractivity contribution >= 4 is 29.6 Å². The highest BCUT2D eigenvalue weighted by atomic mass is 32.1. The molecule has 36 valence electrons. The first kappa shape index (κ1) is 4.72. The van der Waals surface area contributed by atoms with E-state index >= 15 is 0 Å². The van der Waals surface area contributed by atoms with E-state index in [2.05, 4.69) is 0 Å². The molecule has 3 heteroatoms. The van der Waals surface area contributed by atoms with E-state index in [1.165, 1.54) is 4.78 Å². The van der Waals surface area contributed by atoms with Crippen molar-refractivity contribution in [3.8, 4) is 0 Å². The van der Waals surface area contributed by atoms with Crippen LogP contribution in [-0.4, -0.2) is 7.85 Å². The summed E-state index contributed by atoms with van der Waals surface area (Å²) in [5, 5.41) is 1.99. The van der Waals surface area contributed by atoms with Crippen LogP contribution in [-0.2, 0) is 0 Å². The predicted molar refractivity (Wildman–Crippen MR) is 36.9 cm³/mol. The van der Waals surface area contributed by atoms with Crippen molar-refractivity contribution in [3.05, 3.63) is 11.4 Å². The highest BCUT2D eigenvalue weighted by Crippen LogP contribution is 2.00. The van der Waals surface area contributed by atoms with Gasteiger partial charge in [0.15, 0.2) is 7.85 Å². The molecule has 0 radical (unpaired) electrons. The molecule has 7 heavy (non-hydrogen) atoms. The second-order valence-electron chi connectivity index (χ2n) is 1.43. The lowest BCUT2D eigenvalue weighted by atomic mass is 10.1. The average molecular weight is 111 g/mol. The third kappa shape index (κ3) is 0.773. The van der Waals surface area contributed by atoms with E-state index in [9.17, 15) is 0 Å². The Morgan fingerprint density at radius 1 is 1.71 bits per heavy atom. The molecule has 0 aliphatic heterocycles. The average Bonchev–Trinajstić information content (AvgIpc) is 1.91. The first-order valence-electron chi connectivity index (χ1n) is 2.10. The molecule has 0 amide bonds. The number of nitrogens with two attached hydrogens (primary N) is 1. The number of hydrogen-bond donors (Lipinski definition) is 1. The van der Waals surface area contributed by atoms with Gasteiger partial charge in [-0.3, -0.25) is 0 Å². The van der Waals surface area contributed by atoms with Gasteiger partial charge in [-0.05, 0) is 16.2 Å². The zero-order valence-corrected chi connectivity index (χ0v) is 4.96. The van der Waals surface area contributed by atoms with Crippen LogP contribution in [0.4, 0.5) is 5.69 Å². The summed E-state index contributed by atoms with van der Waals surface area (Å²) in [5.41, 5.74) is 6.36. The molecular formula is C4H6BNS. The van der Waals surface area contributed by atoms with Gasteiger partial charge in [0.1, 0.15) is 0 Å². The van der Waals surface area contributed by atoms with Gasteiger partial charge in [-0.15, -0.1) is 0 Å². The van der Waals surface area contributed by atoms with Crippen LogP contribution in [0.5, 0.6) is 0 Å². The van der Waals surface area contributed by atoms with Crippen LogP contribution in [0.2, 0.25) is 0 Å². The Kier molecular flexibility index (Phi) is 1.07. The summed E-state index contributed by atoms with van der Waals surface area (Å²) in [7, 11) is 2.01. The summed E-state index contributed by atoms with van der Waals surface area (Å²) in [4.78, 5) is 0. The van der Waals surface area contributed by atoms with Crippen LogP contribution >= 0.6 is 11.3 Å². The van der Waals surface area contributed by atoms with Crippen LogP contribution < -0.4 is 10.5 Å². The molecule has 1 nitrogen and oxygen atoms in total. The van der Waals surface area contributed by atoms with Gasteiger partial charge >= 0.3 is 0 Å². The lowest BCUT2D eigenvalue weighted by Gasteiger charge is -1.81. The smallest absolute Gasteiger partial charge is 0.155 e. The third-order valence-corrected chi connectivity index (χ3v) is 1.76. The minimum Gasteiger partial charge on any atom is -0.399 e. The second-order valence-corrected chi connectivity index (χ2v) is 2.55. The zero-order chi connectivity index (χ0) is 5.28. The predicted octanol–water partition coefficient (Wildman–Crippen LogP) is -0.411. The van der Waals surface area contributed by atoms with E-state index in [4.69, 9.17) is 5.73 Å². The molecule has 1 rings (SSSR count). The van der Waals surface area contributed by atoms with Gasteiger partial charge < -0.3 is 5.73 Å². The molecule has 0 atom stereocenters. The summed E-state index contributed by atoms with van der Waals surface area (Å²) in [6.45, 7) is 0. The van der Waals surface area contributed by atoms with E-state index in [1.54, 1.807) is 11.3 Å². The van der Waals surface area contributed by atoms with Crippen molar-refractivity contribution in [3.63, 3.8) is 0 Å². The van der Waals surface area contributed by atoms with Crippen LogP contribution in [0.3, 0.4) is 0 Å². The van der Waals surface area contributed by atoms with Crippen LogP contribution in [0.15, 0.2) is 11.4 Å². The maximum Gasteiger partial charge on any atom is 0.155 e. The van der Waals surface area contributed by atoms with Crippen molar-refractivity contribution < 1.29 is 0 Å². The molecule has 1 aromatic heterocycles. The van der Waals surface area contributed by atoms with Crippen molar-refractivity contribution in [1.29, 1.82) is 0 Å². The van der Waals surface area contributed by atoms with Gasteiger partial charge in [-0.1, -0.05) is 0 Å². The van der Waals surface area contributed by atoms with E-state index < -0.39 is 0 Å². The van der Waals surface area contributed by atoms with Gasteiger partial charge in [0.05, 0.1) is 0 Å². The van der Waals surface area contributed by atoms with Crippen molar-refractivity contribution in [2.75, 3.05) is 5.73 Å². The maximum atomic E-state index is 5.45. The Hall–Kier alpha value is -0.435. The number of rotatable bonds is 0. The molecule has 0 aliphatic rings. The quantitative estimate of drug-likeness (QED) is 0.452. The van der Waals surface area contributed by atoms with Gasteiger partial charge in [-0.25, -0.2) is 0 Å². The molecule has 1 heterocycles. The highest BCUT2D eigenvalue weighted by molar-refractivity contribution is 7.19. The van der Waals surface area contributed by atoms with Crippen molar-refractivity contribution in [1.82, 2.24) is 0 Å². The van der Waals surface area contributed by atoms with Crippen LogP contribution in [0, 0.1) is 0 Å². The fourth-order valence-corrected chi connectivity index (χ4v) is 1.02. The standard InChI is InChI=1S/C4H6BNS/c5-4-3(6)1-2-7-4/h1-2H,5-6H2. The van der Waals surface area contributed by atoms with Gasteiger partial charge in [0, 0.05) is 5.69 Å². The summed E-state index contributed by atoms with van der Waals surface area (Å²) in [6.07, 6.45) is 0. The monoisotopic (exact) mass is 111 g/mol. The molecule has 0 spiro atoms. The first-order valence-corrected chi connectivity index (χ1v) is 2.98. The fraction of sp³-hybridized carbons (Fsp3) is 0. The number of hydrogen-bond acceptors (Lipinski definition) is 2. The molecular weight excluding hydrogens is 105 g/mol. The second kappa shape index (κ2) is 1.58. The minimum absolute atomic E-state index is 0.907. The van der Waals surface area contributed by atoms with Crippen LogP contribution in [0.25, 0.3) is 0 Å². The molecule has 1 aromatic rings. The molecule has 0 aromatic carbocycles. The van der Waals surface area contributed by atoms with Crippen LogP contribution in [0.1, 0.15) is 0 Å². The molecule has 0 fully saturated rings. The van der Waals surface area contributed by atoms with E-state index in [0.717, 1.165) is 5.69 Å². The summed E-state index contributed by atoms with van der Waals surface area (Å²) in [5.74, 6) is 0. The molecule has 0 aliphatic carbocycles. The third-order valence-electron chi connectivity index (χ3n) is 0.899. The van der Waals surface area contributed by atoms with Crippen molar-refractivity contribution in [2.24, 2.45) is 0 Å². The molecule has 0 bridgehead atoms. The topological polar surface area (TPSA) is 26.0 Å². The molecule has 0 unspecified atom stereocenters. The van der Waals surface area contributed by atoms with Gasteiger partial charge in [-0.2, -0.15) is 11.3 Å². The zero-order valence-electron chi connectivity index (χ0n) is 4.14. The Labute approximate surface area is 47.6 Å². The number of anilines is 1. The summed E-state index contributed by atoms with van der Waals surface area (Å²) >= 11 is 1.68. The molecule has 2 N–H and O–H groups in total. The SMILES string of the molecule is Bc1sccc1N. The Balaban J connectivity index is 3.12. The summed E-state index contributed by atoms with van der Waals surface area (Å²) in [6, 6.07) is 1.92. The largest absolute Gasteiger partial charge is 0.399 e. The molecule has 0 saturated heterocycles. The molecule has 0 saturated carbocycles. The van der Waals surface area contributed by atoms with E-state index in [-0.39, 0.29) is 0 Å². The van der Waals surface area contributed by atoms with E-state index in [1.807, 2.05) is 19.3 Å². The number of nitrogen functional groups attached to an aromatic ring is 1. The van der Waals surface area contributed by atoms with Crippen molar-refractivity contribution in [2.45, 2.75) is 0 Å². The van der Waals surface area contributed by atoms with Gasteiger partial charge in [0.25, 0.3) is 0 Å². The first-order chi connectivity index (χ1) is 3.30. The summed E-state index contributed by atoms with van der Waals surface area (Å²) < 4.78 is 1.21. The highest BCUT2D eigenvalue weighted by Gasteiger charge is 1.87. The van der Waals surface area contributed by atoms with E-state index in [0.29, 0.717) is 0 Å². The lowest BCUT2D eigenvalue weighted by Crippen LogP contribution is -2.00. The normalized spacial score (nSPS) is 9.14. The number of thiophene rings is 1. The van der Waals surface area contributed by atoms with Gasteiger partial charge in [0.2, 0.25) is 0 Å². The lowest BCUT2D eigenvalue weighted by molar-refractivity contribution is 1.92. The maximum absolute atomic E-state index is 5.45. The Morgan fingerprint density at radius 2 is 2.43 bits per heavy atom. The fourth-order valence-electron chi connectivity index (χ4n) is 0.395. The Morgan fingerprint density at radius 3 is 2.57 bits per heavy atom.